The highest BCUT2D eigenvalue weighted by atomic mass is 35.5. The highest BCUT2D eigenvalue weighted by Gasteiger charge is 2.06. The Balaban J connectivity index is 0.000001000. The van der Waals surface area contributed by atoms with E-state index in [4.69, 9.17) is 0 Å². The maximum absolute atomic E-state index is 4.35. The minimum atomic E-state index is 0. The first kappa shape index (κ1) is 10.7. The predicted octanol–water partition coefficient (Wildman–Crippen LogP) is -1.98. The maximum atomic E-state index is 4.35. The summed E-state index contributed by atoms with van der Waals surface area (Å²) < 4.78 is 0. The van der Waals surface area contributed by atoms with Crippen LogP contribution in [0, 0.1) is 0 Å². The summed E-state index contributed by atoms with van der Waals surface area (Å²) in [6, 6.07) is 0. The van der Waals surface area contributed by atoms with Crippen molar-refractivity contribution in [2.75, 3.05) is 0 Å². The molecular weight excluding hydrogens is 160 g/mol. The van der Waals surface area contributed by atoms with Crippen LogP contribution in [0.4, 0.5) is 0 Å². The number of hydrogen-bond acceptors (Lipinski definition) is 1. The van der Waals surface area contributed by atoms with E-state index < -0.39 is 0 Å². The third-order valence-electron chi connectivity index (χ3n) is 1.62. The third kappa shape index (κ3) is 3.54. The van der Waals surface area contributed by atoms with E-state index >= 15 is 0 Å². The van der Waals surface area contributed by atoms with Crippen molar-refractivity contribution in [3.63, 3.8) is 0 Å². The van der Waals surface area contributed by atoms with Crippen LogP contribution < -0.4 is 17.7 Å². The quantitative estimate of drug-likeness (QED) is 0.514. The Morgan fingerprint density at radius 2 is 2.27 bits per heavy atom. The van der Waals surface area contributed by atoms with Crippen molar-refractivity contribution in [2.45, 2.75) is 33.1 Å². The smallest absolute Gasteiger partial charge is 0.201 e. The molecule has 0 aromatic rings. The molecule has 2 N–H and O–H groups in total. The van der Waals surface area contributed by atoms with Crippen molar-refractivity contribution in [3.8, 4) is 0 Å². The first-order valence-corrected chi connectivity index (χ1v) is 3.92. The number of quaternary nitrogens is 1. The number of nitrogens with two attached hydrogens (primary N) is 1. The van der Waals surface area contributed by atoms with Crippen LogP contribution in [0.2, 0.25) is 0 Å². The number of unbranched alkanes of at least 4 members (excludes halogenated alkanes) is 1. The van der Waals surface area contributed by atoms with Gasteiger partial charge in [-0.05, 0) is 12.8 Å². The molecule has 1 heterocycles. The molecule has 2 nitrogen and oxygen atoms in total. The lowest BCUT2D eigenvalue weighted by Gasteiger charge is -1.90. The van der Waals surface area contributed by atoms with E-state index in [1.165, 1.54) is 18.5 Å². The molecule has 0 atom stereocenters. The second kappa shape index (κ2) is 5.33. The first-order chi connectivity index (χ1) is 4.83. The lowest BCUT2D eigenvalue weighted by Crippen LogP contribution is -3.00. The molecule has 0 spiro atoms. The van der Waals surface area contributed by atoms with Crippen molar-refractivity contribution >= 4 is 5.84 Å². The van der Waals surface area contributed by atoms with Gasteiger partial charge in [0.2, 0.25) is 5.84 Å². The molecule has 11 heavy (non-hydrogen) atoms. The Kier molecular flexibility index (Phi) is 5.16. The number of aliphatic imine (C=N–C) groups is 1. The Morgan fingerprint density at radius 3 is 2.73 bits per heavy atom. The Hall–Kier alpha value is -0.340. The fraction of sp³-hybridized carbons (Fsp3) is 0.625. The van der Waals surface area contributed by atoms with Gasteiger partial charge in [0.05, 0.1) is 5.70 Å². The SMILES string of the molecule is CCCCC1=C[NH2+]C(C)=N1.[Cl-]. The van der Waals surface area contributed by atoms with Gasteiger partial charge in [-0.1, -0.05) is 13.3 Å². The standard InChI is InChI=1S/C8H14N2.ClH/c1-3-4-5-8-6-9-7(2)10-8;/h6H,3-5H2,1-2H3,(H,9,10);1H. The minimum absolute atomic E-state index is 0. The second-order valence-corrected chi connectivity index (χ2v) is 2.68. The van der Waals surface area contributed by atoms with E-state index in [1.807, 2.05) is 6.92 Å². The first-order valence-electron chi connectivity index (χ1n) is 3.92. The monoisotopic (exact) mass is 174 g/mol. The van der Waals surface area contributed by atoms with Crippen molar-refractivity contribution in [2.24, 2.45) is 4.99 Å². The molecule has 0 bridgehead atoms. The van der Waals surface area contributed by atoms with E-state index in [0.29, 0.717) is 0 Å². The van der Waals surface area contributed by atoms with E-state index in [-0.39, 0.29) is 12.4 Å². The summed E-state index contributed by atoms with van der Waals surface area (Å²) in [6.45, 7) is 4.24. The van der Waals surface area contributed by atoms with Crippen LogP contribution in [0.5, 0.6) is 0 Å². The van der Waals surface area contributed by atoms with Crippen molar-refractivity contribution < 1.29 is 17.7 Å². The van der Waals surface area contributed by atoms with Gasteiger partial charge in [-0.15, -0.1) is 0 Å². The Morgan fingerprint density at radius 1 is 1.55 bits per heavy atom. The van der Waals surface area contributed by atoms with Gasteiger partial charge in [-0.3, -0.25) is 5.32 Å². The Bertz CT molecular complexity index is 173. The van der Waals surface area contributed by atoms with Crippen molar-refractivity contribution in [1.82, 2.24) is 0 Å². The molecule has 0 saturated heterocycles. The van der Waals surface area contributed by atoms with Crippen LogP contribution in [0.15, 0.2) is 16.9 Å². The second-order valence-electron chi connectivity index (χ2n) is 2.68. The van der Waals surface area contributed by atoms with E-state index in [0.717, 1.165) is 12.3 Å². The highest BCUT2D eigenvalue weighted by Crippen LogP contribution is 2.08. The summed E-state index contributed by atoms with van der Waals surface area (Å²) in [5.74, 6) is 1.14. The zero-order valence-corrected chi connectivity index (χ0v) is 7.86. The fourth-order valence-electron chi connectivity index (χ4n) is 1.01. The molecule has 0 aromatic carbocycles. The summed E-state index contributed by atoms with van der Waals surface area (Å²) >= 11 is 0. The number of rotatable bonds is 3. The zero-order chi connectivity index (χ0) is 7.40. The topological polar surface area (TPSA) is 29.0 Å². The third-order valence-corrected chi connectivity index (χ3v) is 1.62. The molecule has 3 heteroatoms. The molecule has 0 radical (unpaired) electrons. The summed E-state index contributed by atoms with van der Waals surface area (Å²) in [4.78, 5) is 4.35. The van der Waals surface area contributed by atoms with Crippen LogP contribution in [-0.4, -0.2) is 5.84 Å². The molecule has 0 aliphatic carbocycles. The number of allylic oxidation sites excluding steroid dienone is 1. The van der Waals surface area contributed by atoms with Crippen LogP contribution >= 0.6 is 0 Å². The van der Waals surface area contributed by atoms with Crippen LogP contribution in [-0.2, 0) is 0 Å². The van der Waals surface area contributed by atoms with Gasteiger partial charge in [0.15, 0.2) is 0 Å². The molecule has 0 aromatic heterocycles. The lowest BCUT2D eigenvalue weighted by molar-refractivity contribution is -0.459. The average Bonchev–Trinajstić information content (AvgIpc) is 2.31. The normalized spacial score (nSPS) is 15.5. The summed E-state index contributed by atoms with van der Waals surface area (Å²) in [6.07, 6.45) is 5.78. The largest absolute Gasteiger partial charge is 1.00 e. The van der Waals surface area contributed by atoms with E-state index in [1.54, 1.807) is 0 Å². The van der Waals surface area contributed by atoms with Crippen LogP contribution in [0.1, 0.15) is 33.1 Å². The van der Waals surface area contributed by atoms with Crippen molar-refractivity contribution in [1.29, 1.82) is 0 Å². The van der Waals surface area contributed by atoms with Gasteiger partial charge in [0.25, 0.3) is 0 Å². The molecule has 0 fully saturated rings. The molecule has 1 aliphatic rings. The number of hydrogen-bond donors (Lipinski definition) is 1. The van der Waals surface area contributed by atoms with Gasteiger partial charge in [0.1, 0.15) is 6.20 Å². The maximum Gasteiger partial charge on any atom is 0.201 e. The molecule has 0 saturated carbocycles. The predicted molar refractivity (Wildman–Crippen MR) is 42.6 cm³/mol. The van der Waals surface area contributed by atoms with Gasteiger partial charge in [-0.25, -0.2) is 0 Å². The molecule has 64 valence electrons. The molecular formula is C8H15ClN2. The summed E-state index contributed by atoms with van der Waals surface area (Å²) in [5, 5.41) is 2.07. The molecule has 1 rings (SSSR count). The number of amidine groups is 1. The lowest BCUT2D eigenvalue weighted by atomic mass is 10.2. The average molecular weight is 175 g/mol. The van der Waals surface area contributed by atoms with E-state index in [9.17, 15) is 0 Å². The summed E-state index contributed by atoms with van der Waals surface area (Å²) in [5.41, 5.74) is 1.25. The highest BCUT2D eigenvalue weighted by molar-refractivity contribution is 5.72. The number of halogens is 1. The van der Waals surface area contributed by atoms with Crippen molar-refractivity contribution in [3.05, 3.63) is 11.9 Å². The molecule has 1 aliphatic heterocycles. The summed E-state index contributed by atoms with van der Waals surface area (Å²) in [7, 11) is 0. The minimum Gasteiger partial charge on any atom is -1.00 e. The fourth-order valence-corrected chi connectivity index (χ4v) is 1.01. The van der Waals surface area contributed by atoms with E-state index in [2.05, 4.69) is 23.4 Å². The van der Waals surface area contributed by atoms with Gasteiger partial charge in [-0.2, -0.15) is 4.99 Å². The molecule has 0 unspecified atom stereocenters. The van der Waals surface area contributed by atoms with Gasteiger partial charge >= 0.3 is 0 Å². The molecule has 0 amide bonds. The van der Waals surface area contributed by atoms with Crippen LogP contribution in [0.3, 0.4) is 0 Å². The Labute approximate surface area is 74.2 Å². The zero-order valence-electron chi connectivity index (χ0n) is 7.10. The van der Waals surface area contributed by atoms with Gasteiger partial charge < -0.3 is 12.4 Å². The van der Waals surface area contributed by atoms with Gasteiger partial charge in [0, 0.05) is 6.92 Å². The van der Waals surface area contributed by atoms with Crippen LogP contribution in [0.25, 0.3) is 0 Å². The number of nitrogens with zero attached hydrogens (tertiary/aromatic N) is 1.